The van der Waals surface area contributed by atoms with Crippen molar-refractivity contribution >= 4 is 0 Å². The highest BCUT2D eigenvalue weighted by Crippen LogP contribution is 2.13. The Labute approximate surface area is 90.8 Å². The van der Waals surface area contributed by atoms with E-state index in [0.29, 0.717) is 11.1 Å². The van der Waals surface area contributed by atoms with Crippen molar-refractivity contribution in [3.8, 4) is 12.1 Å². The third-order valence-corrected chi connectivity index (χ3v) is 2.39. The standard InChI is InChI=1S/C13H14N2/c1-2-3-4-5-11-6-7-12(9-14)13(8-11)10-15/h6-8H,2-5H2,1H3. The van der Waals surface area contributed by atoms with Crippen LogP contribution >= 0.6 is 0 Å². The Morgan fingerprint density at radius 2 is 1.80 bits per heavy atom. The van der Waals surface area contributed by atoms with Crippen LogP contribution in [0.3, 0.4) is 0 Å². The number of benzene rings is 1. The average Bonchev–Trinajstić information content (AvgIpc) is 2.29. The second-order valence-corrected chi connectivity index (χ2v) is 3.56. The minimum Gasteiger partial charge on any atom is -0.192 e. The van der Waals surface area contributed by atoms with E-state index in [4.69, 9.17) is 10.5 Å². The maximum Gasteiger partial charge on any atom is 0.101 e. The Morgan fingerprint density at radius 3 is 2.40 bits per heavy atom. The normalized spacial score (nSPS) is 9.27. The SMILES string of the molecule is CCCCCc1ccc(C#N)c(C#N)c1. The first-order valence-corrected chi connectivity index (χ1v) is 5.25. The van der Waals surface area contributed by atoms with E-state index >= 15 is 0 Å². The molecule has 0 bridgehead atoms. The Kier molecular flexibility index (Phi) is 4.38. The molecule has 2 nitrogen and oxygen atoms in total. The van der Waals surface area contributed by atoms with Gasteiger partial charge in [-0.05, 0) is 30.5 Å². The van der Waals surface area contributed by atoms with Crippen molar-refractivity contribution in [2.45, 2.75) is 32.6 Å². The first kappa shape index (κ1) is 11.3. The quantitative estimate of drug-likeness (QED) is 0.697. The number of unbranched alkanes of at least 4 members (excludes halogenated alkanes) is 2. The van der Waals surface area contributed by atoms with E-state index in [9.17, 15) is 0 Å². The predicted molar refractivity (Wildman–Crippen MR) is 59.1 cm³/mol. The van der Waals surface area contributed by atoms with E-state index in [1.807, 2.05) is 18.2 Å². The maximum absolute atomic E-state index is 8.84. The van der Waals surface area contributed by atoms with Gasteiger partial charge in [-0.25, -0.2) is 0 Å². The van der Waals surface area contributed by atoms with E-state index in [1.165, 1.54) is 12.8 Å². The van der Waals surface area contributed by atoms with Crippen LogP contribution < -0.4 is 0 Å². The van der Waals surface area contributed by atoms with Gasteiger partial charge in [-0.15, -0.1) is 0 Å². The van der Waals surface area contributed by atoms with Gasteiger partial charge in [0.05, 0.1) is 11.1 Å². The molecule has 15 heavy (non-hydrogen) atoms. The van der Waals surface area contributed by atoms with E-state index in [-0.39, 0.29) is 0 Å². The zero-order valence-electron chi connectivity index (χ0n) is 8.95. The van der Waals surface area contributed by atoms with Crippen molar-refractivity contribution in [1.82, 2.24) is 0 Å². The summed E-state index contributed by atoms with van der Waals surface area (Å²) in [4.78, 5) is 0. The molecule has 76 valence electrons. The van der Waals surface area contributed by atoms with Crippen LogP contribution in [0.15, 0.2) is 18.2 Å². The number of hydrogen-bond donors (Lipinski definition) is 0. The molecule has 0 aliphatic heterocycles. The average molecular weight is 198 g/mol. The number of aryl methyl sites for hydroxylation is 1. The molecule has 0 aromatic heterocycles. The van der Waals surface area contributed by atoms with Crippen molar-refractivity contribution in [3.63, 3.8) is 0 Å². The molecule has 0 fully saturated rings. The topological polar surface area (TPSA) is 47.6 Å². The van der Waals surface area contributed by atoms with Gasteiger partial charge >= 0.3 is 0 Å². The Hall–Kier alpha value is -1.80. The molecule has 1 aromatic rings. The Morgan fingerprint density at radius 1 is 1.07 bits per heavy atom. The van der Waals surface area contributed by atoms with Gasteiger partial charge in [-0.3, -0.25) is 0 Å². The van der Waals surface area contributed by atoms with Crippen molar-refractivity contribution in [2.24, 2.45) is 0 Å². The Balaban J connectivity index is 2.77. The molecule has 0 saturated carbocycles. The zero-order chi connectivity index (χ0) is 11.1. The molecule has 0 atom stereocenters. The number of nitrogens with zero attached hydrogens (tertiary/aromatic N) is 2. The number of hydrogen-bond acceptors (Lipinski definition) is 2. The molecule has 2 heteroatoms. The molecule has 1 aromatic carbocycles. The fourth-order valence-electron chi connectivity index (χ4n) is 1.52. The van der Waals surface area contributed by atoms with Crippen LogP contribution in [0.5, 0.6) is 0 Å². The second kappa shape index (κ2) is 5.83. The zero-order valence-corrected chi connectivity index (χ0v) is 8.95. The third kappa shape index (κ3) is 3.11. The monoisotopic (exact) mass is 198 g/mol. The van der Waals surface area contributed by atoms with Gasteiger partial charge in [0.1, 0.15) is 12.1 Å². The molecule has 0 N–H and O–H groups in total. The summed E-state index contributed by atoms with van der Waals surface area (Å²) in [6.45, 7) is 2.17. The predicted octanol–water partition coefficient (Wildman–Crippen LogP) is 3.16. The molecule has 0 radical (unpaired) electrons. The van der Waals surface area contributed by atoms with Crippen LogP contribution in [0, 0.1) is 22.7 Å². The van der Waals surface area contributed by atoms with Crippen LogP contribution in [-0.2, 0) is 6.42 Å². The maximum atomic E-state index is 8.84. The van der Waals surface area contributed by atoms with Crippen molar-refractivity contribution in [1.29, 1.82) is 10.5 Å². The molecular weight excluding hydrogens is 184 g/mol. The molecule has 0 unspecified atom stereocenters. The molecule has 0 heterocycles. The summed E-state index contributed by atoms with van der Waals surface area (Å²) in [6, 6.07) is 9.58. The molecule has 1 rings (SSSR count). The molecule has 0 saturated heterocycles. The minimum atomic E-state index is 0.469. The van der Waals surface area contributed by atoms with E-state index in [2.05, 4.69) is 13.0 Å². The summed E-state index contributed by atoms with van der Waals surface area (Å²) in [6.07, 6.45) is 4.55. The fraction of sp³-hybridized carbons (Fsp3) is 0.385. The van der Waals surface area contributed by atoms with Gasteiger partial charge in [0.15, 0.2) is 0 Å². The summed E-state index contributed by atoms with van der Waals surface area (Å²) >= 11 is 0. The highest BCUT2D eigenvalue weighted by atomic mass is 14.3. The first-order chi connectivity index (χ1) is 7.31. The van der Waals surface area contributed by atoms with Crippen LogP contribution in [0.4, 0.5) is 0 Å². The lowest BCUT2D eigenvalue weighted by molar-refractivity contribution is 0.717. The molecule has 0 spiro atoms. The third-order valence-electron chi connectivity index (χ3n) is 2.39. The summed E-state index contributed by atoms with van der Waals surface area (Å²) in [5, 5.41) is 17.6. The minimum absolute atomic E-state index is 0.469. The van der Waals surface area contributed by atoms with Crippen LogP contribution in [0.25, 0.3) is 0 Å². The summed E-state index contributed by atoms with van der Waals surface area (Å²) < 4.78 is 0. The van der Waals surface area contributed by atoms with Crippen molar-refractivity contribution in [2.75, 3.05) is 0 Å². The van der Waals surface area contributed by atoms with Gasteiger partial charge in [0, 0.05) is 0 Å². The lowest BCUT2D eigenvalue weighted by Gasteiger charge is -2.01. The van der Waals surface area contributed by atoms with Gasteiger partial charge in [0.25, 0.3) is 0 Å². The fourth-order valence-corrected chi connectivity index (χ4v) is 1.52. The van der Waals surface area contributed by atoms with Crippen molar-refractivity contribution in [3.05, 3.63) is 34.9 Å². The number of nitriles is 2. The largest absolute Gasteiger partial charge is 0.192 e. The summed E-state index contributed by atoms with van der Waals surface area (Å²) in [7, 11) is 0. The smallest absolute Gasteiger partial charge is 0.101 e. The summed E-state index contributed by atoms with van der Waals surface area (Å²) in [5.41, 5.74) is 2.11. The Bertz CT molecular complexity index is 408. The molecular formula is C13H14N2. The van der Waals surface area contributed by atoms with Crippen LogP contribution in [-0.4, -0.2) is 0 Å². The summed E-state index contributed by atoms with van der Waals surface area (Å²) in [5.74, 6) is 0. The van der Waals surface area contributed by atoms with E-state index in [1.54, 1.807) is 6.07 Å². The van der Waals surface area contributed by atoms with Crippen LogP contribution in [0.2, 0.25) is 0 Å². The van der Waals surface area contributed by atoms with Gasteiger partial charge < -0.3 is 0 Å². The van der Waals surface area contributed by atoms with Crippen molar-refractivity contribution < 1.29 is 0 Å². The lowest BCUT2D eigenvalue weighted by Crippen LogP contribution is -1.90. The van der Waals surface area contributed by atoms with Gasteiger partial charge in [-0.1, -0.05) is 25.8 Å². The van der Waals surface area contributed by atoms with Crippen LogP contribution in [0.1, 0.15) is 42.9 Å². The second-order valence-electron chi connectivity index (χ2n) is 3.56. The highest BCUT2D eigenvalue weighted by molar-refractivity contribution is 5.47. The van der Waals surface area contributed by atoms with E-state index < -0.39 is 0 Å². The molecule has 0 aliphatic rings. The first-order valence-electron chi connectivity index (χ1n) is 5.25. The van der Waals surface area contributed by atoms with Gasteiger partial charge in [-0.2, -0.15) is 10.5 Å². The van der Waals surface area contributed by atoms with Gasteiger partial charge in [0.2, 0.25) is 0 Å². The lowest BCUT2D eigenvalue weighted by atomic mass is 10.0. The molecule has 0 aliphatic carbocycles. The molecule has 0 amide bonds. The highest BCUT2D eigenvalue weighted by Gasteiger charge is 2.02. The van der Waals surface area contributed by atoms with E-state index in [0.717, 1.165) is 18.4 Å². The number of rotatable bonds is 4.